The van der Waals surface area contributed by atoms with E-state index in [2.05, 4.69) is 15.4 Å². The molecule has 0 aliphatic carbocycles. The number of aliphatic carboxylic acids is 1. The number of carbonyl (C=O) groups is 2. The van der Waals surface area contributed by atoms with Crippen LogP contribution >= 0.6 is 0 Å². The average Bonchev–Trinajstić information content (AvgIpc) is 2.98. The highest BCUT2D eigenvalue weighted by molar-refractivity contribution is 5.77. The lowest BCUT2D eigenvalue weighted by atomic mass is 10.0. The van der Waals surface area contributed by atoms with Gasteiger partial charge in [-0.15, -0.1) is 0 Å². The van der Waals surface area contributed by atoms with Crippen molar-refractivity contribution in [2.45, 2.75) is 25.4 Å². The van der Waals surface area contributed by atoms with Gasteiger partial charge < -0.3 is 10.4 Å². The number of aryl methyl sites for hydroxylation is 1. The van der Waals surface area contributed by atoms with Crippen molar-refractivity contribution in [3.63, 3.8) is 0 Å². The molecule has 0 bridgehead atoms. The Morgan fingerprint density at radius 1 is 1.32 bits per heavy atom. The number of hydrogen-bond acceptors (Lipinski definition) is 4. The van der Waals surface area contributed by atoms with E-state index >= 15 is 0 Å². The molecule has 8 heteroatoms. The molecule has 2 N–H and O–H groups in total. The van der Waals surface area contributed by atoms with Gasteiger partial charge in [0, 0.05) is 6.42 Å². The first kappa shape index (κ1) is 15.6. The first-order valence-corrected chi connectivity index (χ1v) is 6.63. The van der Waals surface area contributed by atoms with E-state index in [-0.39, 0.29) is 18.7 Å². The number of nitrogens with one attached hydrogen (secondary N) is 1. The highest BCUT2D eigenvalue weighted by atomic mass is 19.1. The lowest BCUT2D eigenvalue weighted by Crippen LogP contribution is -2.30. The maximum atomic E-state index is 12.9. The minimum Gasteiger partial charge on any atom is -0.481 e. The summed E-state index contributed by atoms with van der Waals surface area (Å²) in [6, 6.07) is 4.67. The zero-order valence-corrected chi connectivity index (χ0v) is 11.6. The normalized spacial score (nSPS) is 11.9. The Labute approximate surface area is 125 Å². The van der Waals surface area contributed by atoms with Gasteiger partial charge in [-0.3, -0.25) is 14.3 Å². The molecule has 1 atom stereocenters. The monoisotopic (exact) mass is 306 g/mol. The molecule has 0 saturated heterocycles. The summed E-state index contributed by atoms with van der Waals surface area (Å²) < 4.78 is 14.4. The van der Waals surface area contributed by atoms with Crippen LogP contribution in [0.3, 0.4) is 0 Å². The predicted molar refractivity (Wildman–Crippen MR) is 74.2 cm³/mol. The van der Waals surface area contributed by atoms with Gasteiger partial charge in [0.25, 0.3) is 0 Å². The second-order valence-corrected chi connectivity index (χ2v) is 4.68. The van der Waals surface area contributed by atoms with Gasteiger partial charge in [-0.2, -0.15) is 5.10 Å². The molecule has 0 saturated carbocycles. The van der Waals surface area contributed by atoms with Gasteiger partial charge in [-0.05, 0) is 17.7 Å². The molecule has 0 spiro atoms. The molecule has 1 unspecified atom stereocenters. The lowest BCUT2D eigenvalue weighted by molar-refractivity contribution is -0.137. The fourth-order valence-corrected chi connectivity index (χ4v) is 1.95. The van der Waals surface area contributed by atoms with Crippen LogP contribution in [0.2, 0.25) is 0 Å². The average molecular weight is 306 g/mol. The molecule has 0 fully saturated rings. The molecular formula is C14H15FN4O3. The zero-order chi connectivity index (χ0) is 15.9. The van der Waals surface area contributed by atoms with Crippen molar-refractivity contribution in [3.8, 4) is 0 Å². The van der Waals surface area contributed by atoms with Crippen molar-refractivity contribution in [2.24, 2.45) is 0 Å². The summed E-state index contributed by atoms with van der Waals surface area (Å²) in [5.74, 6) is -1.78. The number of hydrogen-bond donors (Lipinski definition) is 2. The van der Waals surface area contributed by atoms with E-state index in [1.807, 2.05) is 0 Å². The van der Waals surface area contributed by atoms with Crippen LogP contribution in [0.15, 0.2) is 36.9 Å². The number of aromatic nitrogens is 3. The zero-order valence-electron chi connectivity index (χ0n) is 11.6. The van der Waals surface area contributed by atoms with Crippen LogP contribution in [0.1, 0.15) is 24.4 Å². The van der Waals surface area contributed by atoms with Crippen molar-refractivity contribution in [1.82, 2.24) is 20.1 Å². The van der Waals surface area contributed by atoms with Crippen molar-refractivity contribution < 1.29 is 19.1 Å². The third-order valence-corrected chi connectivity index (χ3v) is 3.02. The molecule has 2 aromatic rings. The smallest absolute Gasteiger partial charge is 0.305 e. The third kappa shape index (κ3) is 4.65. The maximum Gasteiger partial charge on any atom is 0.305 e. The Balaban J connectivity index is 1.98. The Hall–Kier alpha value is -2.77. The molecule has 1 aromatic carbocycles. The second kappa shape index (κ2) is 7.30. The molecule has 116 valence electrons. The number of amides is 1. The summed E-state index contributed by atoms with van der Waals surface area (Å²) in [6.45, 7) is 0.342. The van der Waals surface area contributed by atoms with E-state index in [1.165, 1.54) is 41.6 Å². The fraction of sp³-hybridized carbons (Fsp3) is 0.286. The molecular weight excluding hydrogens is 291 g/mol. The number of halogens is 1. The number of carboxylic acid groups (broad SMARTS) is 1. The number of carboxylic acids is 1. The van der Waals surface area contributed by atoms with Gasteiger partial charge in [-0.1, -0.05) is 12.1 Å². The molecule has 2 rings (SSSR count). The van der Waals surface area contributed by atoms with E-state index < -0.39 is 17.8 Å². The number of nitrogens with zero attached hydrogens (tertiary/aromatic N) is 3. The van der Waals surface area contributed by atoms with Crippen molar-refractivity contribution in [2.75, 3.05) is 0 Å². The molecule has 0 aliphatic rings. The Kier molecular flexibility index (Phi) is 5.18. The first-order valence-electron chi connectivity index (χ1n) is 6.63. The first-order chi connectivity index (χ1) is 10.5. The maximum absolute atomic E-state index is 12.9. The van der Waals surface area contributed by atoms with Gasteiger partial charge in [0.2, 0.25) is 5.91 Å². The van der Waals surface area contributed by atoms with E-state index in [0.717, 1.165) is 0 Å². The van der Waals surface area contributed by atoms with Gasteiger partial charge in [0.15, 0.2) is 0 Å². The molecule has 0 aliphatic heterocycles. The van der Waals surface area contributed by atoms with Gasteiger partial charge in [0.05, 0.1) is 19.0 Å². The topological polar surface area (TPSA) is 97.1 Å². The van der Waals surface area contributed by atoms with Crippen molar-refractivity contribution >= 4 is 11.9 Å². The van der Waals surface area contributed by atoms with Crippen LogP contribution in [0.25, 0.3) is 0 Å². The van der Waals surface area contributed by atoms with E-state index in [9.17, 15) is 14.0 Å². The number of carbonyl (C=O) groups excluding carboxylic acids is 1. The summed E-state index contributed by atoms with van der Waals surface area (Å²) in [5.41, 5.74) is 0.540. The van der Waals surface area contributed by atoms with Gasteiger partial charge >= 0.3 is 5.97 Å². The third-order valence-electron chi connectivity index (χ3n) is 3.02. The second-order valence-electron chi connectivity index (χ2n) is 4.68. The summed E-state index contributed by atoms with van der Waals surface area (Å²) in [5, 5.41) is 15.5. The highest BCUT2D eigenvalue weighted by Crippen LogP contribution is 2.17. The molecule has 7 nitrogen and oxygen atoms in total. The largest absolute Gasteiger partial charge is 0.481 e. The van der Waals surface area contributed by atoms with Crippen molar-refractivity contribution in [3.05, 3.63) is 48.3 Å². The summed E-state index contributed by atoms with van der Waals surface area (Å²) in [7, 11) is 0. The van der Waals surface area contributed by atoms with Crippen LogP contribution in [-0.4, -0.2) is 31.7 Å². The summed E-state index contributed by atoms with van der Waals surface area (Å²) in [6.07, 6.45) is 2.72. The van der Waals surface area contributed by atoms with Crippen LogP contribution < -0.4 is 5.32 Å². The Bertz CT molecular complexity index is 628. The Morgan fingerprint density at radius 2 is 2.05 bits per heavy atom. The van der Waals surface area contributed by atoms with E-state index in [1.54, 1.807) is 0 Å². The Morgan fingerprint density at radius 3 is 2.64 bits per heavy atom. The molecule has 1 amide bonds. The highest BCUT2D eigenvalue weighted by Gasteiger charge is 2.18. The summed E-state index contributed by atoms with van der Waals surface area (Å²) in [4.78, 5) is 26.6. The van der Waals surface area contributed by atoms with Crippen LogP contribution in [-0.2, 0) is 16.1 Å². The van der Waals surface area contributed by atoms with Gasteiger partial charge in [0.1, 0.15) is 18.5 Å². The molecule has 22 heavy (non-hydrogen) atoms. The van der Waals surface area contributed by atoms with Crippen LogP contribution in [0, 0.1) is 5.82 Å². The lowest BCUT2D eigenvalue weighted by Gasteiger charge is -2.17. The van der Waals surface area contributed by atoms with Crippen LogP contribution in [0.5, 0.6) is 0 Å². The number of rotatable bonds is 7. The fourth-order valence-electron chi connectivity index (χ4n) is 1.95. The SMILES string of the molecule is O=C(O)CC(NC(=O)CCn1cncn1)c1ccc(F)cc1. The minimum absolute atomic E-state index is 0.140. The molecule has 0 radical (unpaired) electrons. The van der Waals surface area contributed by atoms with Gasteiger partial charge in [-0.25, -0.2) is 9.37 Å². The van der Waals surface area contributed by atoms with Crippen LogP contribution in [0.4, 0.5) is 4.39 Å². The minimum atomic E-state index is -1.05. The van der Waals surface area contributed by atoms with E-state index in [4.69, 9.17) is 5.11 Å². The molecule has 1 aromatic heterocycles. The standard InChI is InChI=1S/C14H15FN4O3/c15-11-3-1-10(2-4-11)12(7-14(21)22)18-13(20)5-6-19-9-16-8-17-19/h1-4,8-9,12H,5-7H2,(H,18,20)(H,21,22). The van der Waals surface area contributed by atoms with Crippen molar-refractivity contribution in [1.29, 1.82) is 0 Å². The van der Waals surface area contributed by atoms with E-state index in [0.29, 0.717) is 12.1 Å². The summed E-state index contributed by atoms with van der Waals surface area (Å²) >= 11 is 0. The quantitative estimate of drug-likeness (QED) is 0.799. The predicted octanol–water partition coefficient (Wildman–Crippen LogP) is 1.14. The molecule has 1 heterocycles. The number of benzene rings is 1.